The van der Waals surface area contributed by atoms with Crippen molar-refractivity contribution in [3.63, 3.8) is 0 Å². The highest BCUT2D eigenvalue weighted by Crippen LogP contribution is 2.39. The Morgan fingerprint density at radius 1 is 1.15 bits per heavy atom. The number of nitrogens with one attached hydrogen (secondary N) is 2. The molecule has 3 rings (SSSR count). The Hall–Kier alpha value is -1.69. The Labute approximate surface area is 207 Å². The zero-order chi connectivity index (χ0) is 26.1. The van der Waals surface area contributed by atoms with Crippen molar-refractivity contribution in [2.24, 2.45) is 10.7 Å². The van der Waals surface area contributed by atoms with E-state index in [0.29, 0.717) is 10.9 Å². The van der Waals surface area contributed by atoms with Crippen LogP contribution in [0.5, 0.6) is 0 Å². The van der Waals surface area contributed by atoms with Crippen LogP contribution in [-0.4, -0.2) is 71.9 Å². The highest BCUT2D eigenvalue weighted by Gasteiger charge is 2.45. The molecular weight excluding hydrogens is 463 g/mol. The molecular formula is C23H42F3N7S. The number of alkyl halides is 3. The molecule has 0 amide bonds. The van der Waals surface area contributed by atoms with E-state index >= 15 is 0 Å². The van der Waals surface area contributed by atoms with Crippen LogP contribution in [0.15, 0.2) is 39.5 Å². The first-order chi connectivity index (χ1) is 16.0. The number of hydrogen-bond acceptors (Lipinski definition) is 8. The van der Waals surface area contributed by atoms with Gasteiger partial charge in [0.2, 0.25) is 0 Å². The third-order valence-corrected chi connectivity index (χ3v) is 6.46. The molecule has 0 aromatic heterocycles. The second kappa shape index (κ2) is 13.4. The number of aliphatic imine (C=N–C) groups is 1. The smallest absolute Gasteiger partial charge is 0.365 e. The fourth-order valence-corrected chi connectivity index (χ4v) is 4.76. The van der Waals surface area contributed by atoms with Crippen LogP contribution < -0.4 is 16.5 Å². The lowest BCUT2D eigenvalue weighted by molar-refractivity contribution is -0.162. The van der Waals surface area contributed by atoms with Gasteiger partial charge in [0.1, 0.15) is 5.84 Å². The van der Waals surface area contributed by atoms with Crippen molar-refractivity contribution in [1.82, 2.24) is 25.6 Å². The van der Waals surface area contributed by atoms with Crippen molar-refractivity contribution in [1.29, 1.82) is 0 Å². The van der Waals surface area contributed by atoms with Gasteiger partial charge < -0.3 is 21.4 Å². The van der Waals surface area contributed by atoms with Gasteiger partial charge in [0, 0.05) is 43.8 Å². The van der Waals surface area contributed by atoms with Crippen molar-refractivity contribution >= 4 is 17.6 Å². The number of thioether (sulfide) groups is 1. The molecule has 0 saturated carbocycles. The maximum Gasteiger partial charge on any atom is 0.413 e. The van der Waals surface area contributed by atoms with Crippen LogP contribution >= 0.6 is 11.8 Å². The Kier molecular flexibility index (Phi) is 12.0. The minimum Gasteiger partial charge on any atom is -0.365 e. The van der Waals surface area contributed by atoms with E-state index < -0.39 is 12.2 Å². The topological polar surface area (TPSA) is 72.2 Å². The molecule has 0 bridgehead atoms. The van der Waals surface area contributed by atoms with E-state index in [0.717, 1.165) is 37.7 Å². The first kappa shape index (κ1) is 30.3. The van der Waals surface area contributed by atoms with Gasteiger partial charge in [0.15, 0.2) is 12.3 Å². The third-order valence-electron chi connectivity index (χ3n) is 5.42. The van der Waals surface area contributed by atoms with Gasteiger partial charge in [0.05, 0.1) is 5.03 Å². The van der Waals surface area contributed by atoms with Crippen LogP contribution in [0.4, 0.5) is 13.2 Å². The minimum absolute atomic E-state index is 0.158. The van der Waals surface area contributed by atoms with Crippen molar-refractivity contribution < 1.29 is 13.2 Å². The van der Waals surface area contributed by atoms with Gasteiger partial charge in [-0.1, -0.05) is 39.5 Å². The lowest BCUT2D eigenvalue weighted by atomic mass is 9.91. The van der Waals surface area contributed by atoms with E-state index in [-0.39, 0.29) is 16.7 Å². The third kappa shape index (κ3) is 8.51. The van der Waals surface area contributed by atoms with E-state index in [9.17, 15) is 13.2 Å². The number of amidine groups is 1. The van der Waals surface area contributed by atoms with Gasteiger partial charge in [-0.25, -0.2) is 4.99 Å². The molecule has 7 nitrogen and oxygen atoms in total. The van der Waals surface area contributed by atoms with Crippen LogP contribution in [0.3, 0.4) is 0 Å². The normalized spacial score (nSPS) is 28.6. The molecule has 2 atom stereocenters. The van der Waals surface area contributed by atoms with E-state index in [2.05, 4.69) is 22.6 Å². The zero-order valence-electron chi connectivity index (χ0n) is 21.7. The minimum atomic E-state index is -4.37. The van der Waals surface area contributed by atoms with Crippen molar-refractivity contribution in [3.8, 4) is 0 Å². The molecule has 3 heterocycles. The number of likely N-dealkylation sites (N-methyl/N-ethyl adjacent to an activating group) is 1. The molecule has 11 heteroatoms. The fourth-order valence-electron chi connectivity index (χ4n) is 3.64. The molecule has 0 aliphatic carbocycles. The second-order valence-corrected chi connectivity index (χ2v) is 9.36. The number of halogens is 3. The predicted molar refractivity (Wildman–Crippen MR) is 138 cm³/mol. The number of rotatable bonds is 3. The number of likely N-dealkylation sites (tertiary alicyclic amines) is 1. The SMILES string of the molecule is C/C1=N\C(N2CCC(C)(N)CC2)N(C)N/C=C(/SC2=CC=CN(C)C2C(F)(F)F)N1.CC.CC. The predicted octanol–water partition coefficient (Wildman–Crippen LogP) is 4.40. The van der Waals surface area contributed by atoms with Crippen LogP contribution in [0.1, 0.15) is 54.4 Å². The largest absolute Gasteiger partial charge is 0.413 e. The molecule has 0 radical (unpaired) electrons. The molecule has 34 heavy (non-hydrogen) atoms. The molecule has 1 fully saturated rings. The molecule has 0 spiro atoms. The molecule has 4 N–H and O–H groups in total. The van der Waals surface area contributed by atoms with Crippen LogP contribution in [0.2, 0.25) is 0 Å². The Morgan fingerprint density at radius 2 is 1.74 bits per heavy atom. The highest BCUT2D eigenvalue weighted by molar-refractivity contribution is 8.06. The second-order valence-electron chi connectivity index (χ2n) is 8.25. The first-order valence-electron chi connectivity index (χ1n) is 11.8. The van der Waals surface area contributed by atoms with Gasteiger partial charge in [-0.05, 0) is 45.0 Å². The van der Waals surface area contributed by atoms with Crippen molar-refractivity contribution in [2.45, 2.75) is 78.4 Å². The summed E-state index contributed by atoms with van der Waals surface area (Å²) < 4.78 is 40.7. The standard InChI is InChI=1S/C19H30F3N7S.2C2H6/c1-13-25-15(30-14-6-5-9-27(3)16(14)19(20,21)22)12-24-28(4)17(26-13)29-10-7-18(2,23)8-11-29;2*1-2/h5-6,9,12,16-17,24H,7-8,10-11,23H2,1-4H3,(H,25,26);2*1-2H3/b15-12+;;. The quantitative estimate of drug-likeness (QED) is 0.525. The highest BCUT2D eigenvalue weighted by atomic mass is 32.2. The Bertz CT molecular complexity index is 752. The monoisotopic (exact) mass is 505 g/mol. The maximum absolute atomic E-state index is 13.6. The number of piperidine rings is 1. The summed E-state index contributed by atoms with van der Waals surface area (Å²) in [6, 6.07) is -1.68. The number of nitrogens with two attached hydrogens (primary N) is 1. The number of hydrazine groups is 1. The summed E-state index contributed by atoms with van der Waals surface area (Å²) in [5.41, 5.74) is 9.22. The molecule has 0 aromatic carbocycles. The number of hydrogen-bond donors (Lipinski definition) is 3. The van der Waals surface area contributed by atoms with Crippen LogP contribution in [0, 0.1) is 0 Å². The summed E-state index contributed by atoms with van der Waals surface area (Å²) in [6.45, 7) is 13.5. The summed E-state index contributed by atoms with van der Waals surface area (Å²) in [6.07, 6.45) is 3.38. The summed E-state index contributed by atoms with van der Waals surface area (Å²) in [4.78, 5) is 8.35. The van der Waals surface area contributed by atoms with Crippen LogP contribution in [0.25, 0.3) is 0 Å². The fraction of sp³-hybridized carbons (Fsp3) is 0.696. The molecule has 3 aliphatic rings. The molecule has 1 saturated heterocycles. The van der Waals surface area contributed by atoms with Gasteiger partial charge in [-0.2, -0.15) is 18.2 Å². The Morgan fingerprint density at radius 3 is 2.29 bits per heavy atom. The molecule has 3 aliphatic heterocycles. The van der Waals surface area contributed by atoms with Crippen molar-refractivity contribution in [2.75, 3.05) is 27.2 Å². The van der Waals surface area contributed by atoms with E-state index in [1.54, 1.807) is 12.3 Å². The summed E-state index contributed by atoms with van der Waals surface area (Å²) in [5, 5.41) is 5.54. The lowest BCUT2D eigenvalue weighted by Crippen LogP contribution is -2.57. The zero-order valence-corrected chi connectivity index (χ0v) is 22.5. The molecule has 0 aromatic rings. The van der Waals surface area contributed by atoms with E-state index in [1.165, 1.54) is 24.2 Å². The van der Waals surface area contributed by atoms with Crippen LogP contribution in [-0.2, 0) is 0 Å². The van der Waals surface area contributed by atoms with Gasteiger partial charge in [-0.3, -0.25) is 4.90 Å². The average molecular weight is 506 g/mol. The van der Waals surface area contributed by atoms with Gasteiger partial charge >= 0.3 is 6.18 Å². The Balaban J connectivity index is 0.00000137. The maximum atomic E-state index is 13.6. The lowest BCUT2D eigenvalue weighted by Gasteiger charge is -2.42. The average Bonchev–Trinajstić information content (AvgIpc) is 2.77. The van der Waals surface area contributed by atoms with Gasteiger partial charge in [0.25, 0.3) is 0 Å². The summed E-state index contributed by atoms with van der Waals surface area (Å²) >= 11 is 1.04. The molecule has 2 unspecified atom stereocenters. The van der Waals surface area contributed by atoms with E-state index in [1.807, 2.05) is 46.7 Å². The summed E-state index contributed by atoms with van der Waals surface area (Å²) in [5.74, 6) is 0.636. The number of nitrogens with zero attached hydrogens (tertiary/aromatic N) is 4. The van der Waals surface area contributed by atoms with E-state index in [4.69, 9.17) is 10.7 Å². The molecule has 196 valence electrons. The first-order valence-corrected chi connectivity index (χ1v) is 12.7. The number of allylic oxidation sites excluding steroid dienone is 2. The summed E-state index contributed by atoms with van der Waals surface area (Å²) in [7, 11) is 3.30. The van der Waals surface area contributed by atoms with Gasteiger partial charge in [-0.15, -0.1) is 0 Å². The van der Waals surface area contributed by atoms with Crippen molar-refractivity contribution in [3.05, 3.63) is 34.5 Å².